The zero-order valence-electron chi connectivity index (χ0n) is 13.6. The van der Waals surface area contributed by atoms with Crippen LogP contribution in [0, 0.1) is 0 Å². The molecule has 24 heavy (non-hydrogen) atoms. The molecule has 2 fully saturated rings. The molecule has 0 aliphatic carbocycles. The number of rotatable bonds is 3. The van der Waals surface area contributed by atoms with Crippen molar-refractivity contribution in [1.29, 1.82) is 0 Å². The van der Waals surface area contributed by atoms with Crippen molar-refractivity contribution in [3.8, 4) is 0 Å². The molecular weight excluding hydrogens is 324 g/mol. The molecule has 2 atom stereocenters. The minimum atomic E-state index is 0. The highest BCUT2D eigenvalue weighted by atomic mass is 35.5. The first-order valence-electron chi connectivity index (χ1n) is 8.39. The van der Waals surface area contributed by atoms with Crippen LogP contribution in [-0.4, -0.2) is 45.8 Å². The molecule has 2 aliphatic heterocycles. The van der Waals surface area contributed by atoms with E-state index in [-0.39, 0.29) is 18.3 Å². The van der Waals surface area contributed by atoms with Gasteiger partial charge in [-0.2, -0.15) is 5.10 Å². The Bertz CT molecular complexity index is 687. The molecule has 0 spiro atoms. The number of nitrogens with zero attached hydrogens (tertiary/aromatic N) is 3. The second-order valence-corrected chi connectivity index (χ2v) is 6.59. The molecule has 6 heteroatoms. The predicted octanol–water partition coefficient (Wildman–Crippen LogP) is 2.32. The largest absolute Gasteiger partial charge is 0.337 e. The van der Waals surface area contributed by atoms with Gasteiger partial charge < -0.3 is 10.2 Å². The molecule has 1 aromatic carbocycles. The average molecular weight is 347 g/mol. The van der Waals surface area contributed by atoms with Crippen molar-refractivity contribution in [2.24, 2.45) is 0 Å². The lowest BCUT2D eigenvalue weighted by Gasteiger charge is -2.23. The maximum atomic E-state index is 12.7. The van der Waals surface area contributed by atoms with Crippen molar-refractivity contribution in [3.63, 3.8) is 0 Å². The number of halogens is 1. The van der Waals surface area contributed by atoms with Gasteiger partial charge in [-0.05, 0) is 24.8 Å². The van der Waals surface area contributed by atoms with Crippen molar-refractivity contribution in [2.75, 3.05) is 13.1 Å². The molecule has 2 aromatic rings. The van der Waals surface area contributed by atoms with Gasteiger partial charge >= 0.3 is 0 Å². The molecule has 2 aliphatic rings. The quantitative estimate of drug-likeness (QED) is 0.928. The summed E-state index contributed by atoms with van der Waals surface area (Å²) in [7, 11) is 0. The molecule has 1 N–H and O–H groups in total. The van der Waals surface area contributed by atoms with Gasteiger partial charge in [0.2, 0.25) is 0 Å². The fourth-order valence-corrected chi connectivity index (χ4v) is 3.64. The highest BCUT2D eigenvalue weighted by Gasteiger charge is 2.31. The van der Waals surface area contributed by atoms with Crippen LogP contribution in [0.15, 0.2) is 42.7 Å². The smallest absolute Gasteiger partial charge is 0.257 e. The second-order valence-electron chi connectivity index (χ2n) is 6.59. The lowest BCUT2D eigenvalue weighted by atomic mass is 10.1. The fraction of sp³-hybridized carbons (Fsp3) is 0.444. The molecule has 2 bridgehead atoms. The molecule has 3 heterocycles. The van der Waals surface area contributed by atoms with Crippen molar-refractivity contribution < 1.29 is 4.79 Å². The van der Waals surface area contributed by atoms with Gasteiger partial charge in [-0.25, -0.2) is 0 Å². The van der Waals surface area contributed by atoms with Gasteiger partial charge in [0.05, 0.1) is 18.3 Å². The number of nitrogens with one attached hydrogen (secondary N) is 1. The monoisotopic (exact) mass is 346 g/mol. The third-order valence-electron chi connectivity index (χ3n) is 4.88. The highest BCUT2D eigenvalue weighted by Crippen LogP contribution is 2.21. The van der Waals surface area contributed by atoms with E-state index in [1.54, 1.807) is 6.20 Å². The summed E-state index contributed by atoms with van der Waals surface area (Å²) in [6.07, 6.45) is 7.05. The first kappa shape index (κ1) is 17.0. The molecule has 2 unspecified atom stereocenters. The minimum absolute atomic E-state index is 0. The van der Waals surface area contributed by atoms with E-state index in [2.05, 4.69) is 22.5 Å². The van der Waals surface area contributed by atoms with Crippen LogP contribution in [0.5, 0.6) is 0 Å². The van der Waals surface area contributed by atoms with Gasteiger partial charge in [-0.15, -0.1) is 12.4 Å². The van der Waals surface area contributed by atoms with E-state index in [0.29, 0.717) is 24.2 Å². The van der Waals surface area contributed by atoms with E-state index in [9.17, 15) is 4.79 Å². The third-order valence-corrected chi connectivity index (χ3v) is 4.88. The Morgan fingerprint density at radius 2 is 1.96 bits per heavy atom. The van der Waals surface area contributed by atoms with Crippen LogP contribution in [0.1, 0.15) is 35.2 Å². The molecule has 1 aromatic heterocycles. The van der Waals surface area contributed by atoms with Crippen LogP contribution >= 0.6 is 12.4 Å². The summed E-state index contributed by atoms with van der Waals surface area (Å²) in [5, 5.41) is 7.96. The van der Waals surface area contributed by atoms with E-state index in [4.69, 9.17) is 0 Å². The Kier molecular flexibility index (Phi) is 5.21. The summed E-state index contributed by atoms with van der Waals surface area (Å²) in [6.45, 7) is 2.36. The summed E-state index contributed by atoms with van der Waals surface area (Å²) in [4.78, 5) is 14.7. The van der Waals surface area contributed by atoms with Gasteiger partial charge in [-0.1, -0.05) is 30.3 Å². The SMILES string of the molecule is Cl.O=C(c1cnn(Cc2ccccc2)c1)N1CCC2CCC(C1)N2. The zero-order valence-corrected chi connectivity index (χ0v) is 14.4. The Morgan fingerprint density at radius 1 is 1.17 bits per heavy atom. The molecule has 5 nitrogen and oxygen atoms in total. The summed E-state index contributed by atoms with van der Waals surface area (Å²) in [6, 6.07) is 11.2. The van der Waals surface area contributed by atoms with Crippen molar-refractivity contribution in [1.82, 2.24) is 20.0 Å². The van der Waals surface area contributed by atoms with Crippen molar-refractivity contribution in [3.05, 3.63) is 53.9 Å². The van der Waals surface area contributed by atoms with Crippen molar-refractivity contribution >= 4 is 18.3 Å². The molecule has 1 amide bonds. The topological polar surface area (TPSA) is 50.2 Å². The Labute approximate surface area is 148 Å². The highest BCUT2D eigenvalue weighted by molar-refractivity contribution is 5.93. The lowest BCUT2D eigenvalue weighted by Crippen LogP contribution is -2.38. The molecule has 2 saturated heterocycles. The minimum Gasteiger partial charge on any atom is -0.337 e. The number of amides is 1. The zero-order chi connectivity index (χ0) is 15.6. The molecule has 0 radical (unpaired) electrons. The summed E-state index contributed by atoms with van der Waals surface area (Å²) < 4.78 is 1.84. The van der Waals surface area contributed by atoms with Crippen LogP contribution < -0.4 is 5.32 Å². The Balaban J connectivity index is 0.00000169. The molecule has 0 saturated carbocycles. The van der Waals surface area contributed by atoms with Gasteiger partial charge in [-0.3, -0.25) is 9.48 Å². The Hall–Kier alpha value is -1.85. The average Bonchev–Trinajstić information content (AvgIpc) is 3.14. The first-order chi connectivity index (χ1) is 11.3. The summed E-state index contributed by atoms with van der Waals surface area (Å²) in [5.41, 5.74) is 1.88. The fourth-order valence-electron chi connectivity index (χ4n) is 3.64. The normalized spacial score (nSPS) is 22.8. The van der Waals surface area contributed by atoms with Crippen LogP contribution in [0.25, 0.3) is 0 Å². The van der Waals surface area contributed by atoms with Crippen LogP contribution in [0.2, 0.25) is 0 Å². The second kappa shape index (κ2) is 7.36. The van der Waals surface area contributed by atoms with E-state index in [1.165, 1.54) is 18.4 Å². The van der Waals surface area contributed by atoms with Gasteiger partial charge in [0.1, 0.15) is 0 Å². The number of carbonyl (C=O) groups is 1. The molecular formula is C18H23ClN4O. The summed E-state index contributed by atoms with van der Waals surface area (Å²) >= 11 is 0. The summed E-state index contributed by atoms with van der Waals surface area (Å²) in [5.74, 6) is 0.110. The number of fused-ring (bicyclic) bond motifs is 2. The molecule has 4 rings (SSSR count). The standard InChI is InChI=1S/C18H22N4O.ClH/c23-18(21-9-8-16-6-7-17(13-21)20-16)15-10-19-22(12-15)11-14-4-2-1-3-5-14;/h1-5,10,12,16-17,20H,6-9,11,13H2;1H. The number of likely N-dealkylation sites (tertiary alicyclic amines) is 1. The van der Waals surface area contributed by atoms with Crippen LogP contribution in [0.3, 0.4) is 0 Å². The van der Waals surface area contributed by atoms with Gasteiger partial charge in [0.15, 0.2) is 0 Å². The maximum absolute atomic E-state index is 12.7. The van der Waals surface area contributed by atoms with E-state index in [0.717, 1.165) is 19.5 Å². The van der Waals surface area contributed by atoms with E-state index in [1.807, 2.05) is 34.0 Å². The maximum Gasteiger partial charge on any atom is 0.257 e. The number of hydrogen-bond donors (Lipinski definition) is 1. The predicted molar refractivity (Wildman–Crippen MR) is 95.5 cm³/mol. The van der Waals surface area contributed by atoms with Crippen molar-refractivity contribution in [2.45, 2.75) is 37.9 Å². The number of aromatic nitrogens is 2. The molecule has 128 valence electrons. The Morgan fingerprint density at radius 3 is 2.79 bits per heavy atom. The first-order valence-corrected chi connectivity index (χ1v) is 8.39. The van der Waals surface area contributed by atoms with Gasteiger partial charge in [0, 0.05) is 31.4 Å². The number of hydrogen-bond acceptors (Lipinski definition) is 3. The van der Waals surface area contributed by atoms with Crippen LogP contribution in [-0.2, 0) is 6.54 Å². The number of benzene rings is 1. The lowest BCUT2D eigenvalue weighted by molar-refractivity contribution is 0.0748. The van der Waals surface area contributed by atoms with Gasteiger partial charge in [0.25, 0.3) is 5.91 Å². The van der Waals surface area contributed by atoms with Crippen LogP contribution in [0.4, 0.5) is 0 Å². The number of carbonyl (C=O) groups excluding carboxylic acids is 1. The van der Waals surface area contributed by atoms with E-state index < -0.39 is 0 Å². The third kappa shape index (κ3) is 3.62. The van der Waals surface area contributed by atoms with E-state index >= 15 is 0 Å².